The minimum absolute atomic E-state index is 0.348. The lowest BCUT2D eigenvalue weighted by Gasteiger charge is -2.12. The van der Waals surface area contributed by atoms with Crippen molar-refractivity contribution in [2.24, 2.45) is 0 Å². The van der Waals surface area contributed by atoms with E-state index < -0.39 is 0 Å². The minimum atomic E-state index is -0.348. The smallest absolute Gasteiger partial charge is 0.149 e. The van der Waals surface area contributed by atoms with Gasteiger partial charge in [0.05, 0.1) is 6.07 Å². The molecule has 0 unspecified atom stereocenters. The van der Waals surface area contributed by atoms with Gasteiger partial charge in [-0.2, -0.15) is 5.26 Å². The molecule has 2 saturated carbocycles. The SMILES string of the molecule is Cc1cc(C2CCCC2)nc(C2(C#N)CC2)n1. The first-order chi connectivity index (χ1) is 8.23. The van der Waals surface area contributed by atoms with Crippen LogP contribution in [0.4, 0.5) is 0 Å². The van der Waals surface area contributed by atoms with Gasteiger partial charge in [0.2, 0.25) is 0 Å². The lowest BCUT2D eigenvalue weighted by Crippen LogP contribution is -2.12. The predicted octanol–water partition coefficient (Wildman–Crippen LogP) is 3.00. The Morgan fingerprint density at radius 3 is 2.59 bits per heavy atom. The molecule has 1 heterocycles. The van der Waals surface area contributed by atoms with E-state index in [0.717, 1.165) is 24.4 Å². The first-order valence-electron chi connectivity index (χ1n) is 6.51. The van der Waals surface area contributed by atoms with E-state index in [4.69, 9.17) is 0 Å². The third kappa shape index (κ3) is 1.82. The largest absolute Gasteiger partial charge is 0.236 e. The van der Waals surface area contributed by atoms with Gasteiger partial charge < -0.3 is 0 Å². The highest BCUT2D eigenvalue weighted by atomic mass is 14.9. The van der Waals surface area contributed by atoms with Crippen LogP contribution in [0.1, 0.15) is 61.7 Å². The molecule has 0 aromatic carbocycles. The summed E-state index contributed by atoms with van der Waals surface area (Å²) in [5.74, 6) is 1.38. The Labute approximate surface area is 102 Å². The second kappa shape index (κ2) is 3.80. The molecule has 3 heteroatoms. The summed E-state index contributed by atoms with van der Waals surface area (Å²) in [5.41, 5.74) is 1.84. The van der Waals surface area contributed by atoms with Gasteiger partial charge in [-0.1, -0.05) is 12.8 Å². The average Bonchev–Trinajstić information content (AvgIpc) is 2.94. The van der Waals surface area contributed by atoms with E-state index in [1.165, 1.54) is 31.4 Å². The lowest BCUT2D eigenvalue weighted by molar-refractivity contribution is 0.667. The van der Waals surface area contributed by atoms with Crippen molar-refractivity contribution < 1.29 is 0 Å². The van der Waals surface area contributed by atoms with Gasteiger partial charge in [-0.15, -0.1) is 0 Å². The average molecular weight is 227 g/mol. The summed E-state index contributed by atoms with van der Waals surface area (Å²) >= 11 is 0. The molecular formula is C14H17N3. The van der Waals surface area contributed by atoms with Gasteiger partial charge in [-0.3, -0.25) is 0 Å². The van der Waals surface area contributed by atoms with Crippen LogP contribution in [0, 0.1) is 18.3 Å². The predicted molar refractivity (Wildman–Crippen MR) is 64.5 cm³/mol. The van der Waals surface area contributed by atoms with Crippen molar-refractivity contribution in [3.8, 4) is 6.07 Å². The molecule has 0 radical (unpaired) electrons. The fourth-order valence-corrected chi connectivity index (χ4v) is 2.75. The van der Waals surface area contributed by atoms with E-state index in [0.29, 0.717) is 5.92 Å². The molecule has 0 saturated heterocycles. The summed E-state index contributed by atoms with van der Waals surface area (Å²) in [6.07, 6.45) is 6.97. The summed E-state index contributed by atoms with van der Waals surface area (Å²) in [6.45, 7) is 2.01. The van der Waals surface area contributed by atoms with Crippen molar-refractivity contribution in [2.45, 2.75) is 56.8 Å². The van der Waals surface area contributed by atoms with Crippen LogP contribution in [-0.2, 0) is 5.41 Å². The summed E-state index contributed by atoms with van der Waals surface area (Å²) in [4.78, 5) is 9.16. The molecule has 1 aromatic heterocycles. The maximum absolute atomic E-state index is 9.23. The molecule has 2 fully saturated rings. The second-order valence-electron chi connectivity index (χ2n) is 5.43. The van der Waals surface area contributed by atoms with Gasteiger partial charge in [0, 0.05) is 17.3 Å². The van der Waals surface area contributed by atoms with Crippen LogP contribution in [0.15, 0.2) is 6.07 Å². The van der Waals surface area contributed by atoms with E-state index in [1.54, 1.807) is 0 Å². The highest BCUT2D eigenvalue weighted by Crippen LogP contribution is 2.46. The van der Waals surface area contributed by atoms with Crippen LogP contribution in [0.2, 0.25) is 0 Å². The summed E-state index contributed by atoms with van der Waals surface area (Å²) in [6, 6.07) is 4.49. The molecule has 0 bridgehead atoms. The van der Waals surface area contributed by atoms with Crippen molar-refractivity contribution in [1.29, 1.82) is 5.26 Å². The van der Waals surface area contributed by atoms with Crippen LogP contribution in [0.25, 0.3) is 0 Å². The molecule has 88 valence electrons. The Hall–Kier alpha value is -1.43. The molecule has 2 aliphatic carbocycles. The van der Waals surface area contributed by atoms with Gasteiger partial charge >= 0.3 is 0 Å². The number of hydrogen-bond donors (Lipinski definition) is 0. The van der Waals surface area contributed by atoms with E-state index in [2.05, 4.69) is 22.1 Å². The minimum Gasteiger partial charge on any atom is -0.236 e. The lowest BCUT2D eigenvalue weighted by atomic mass is 10.0. The molecule has 0 aliphatic heterocycles. The van der Waals surface area contributed by atoms with Gasteiger partial charge in [-0.25, -0.2) is 9.97 Å². The number of hydrogen-bond acceptors (Lipinski definition) is 3. The highest BCUT2D eigenvalue weighted by molar-refractivity contribution is 5.31. The zero-order valence-corrected chi connectivity index (χ0v) is 10.2. The molecule has 3 nitrogen and oxygen atoms in total. The van der Waals surface area contributed by atoms with Crippen molar-refractivity contribution in [2.75, 3.05) is 0 Å². The maximum atomic E-state index is 9.23. The first-order valence-corrected chi connectivity index (χ1v) is 6.51. The van der Waals surface area contributed by atoms with Crippen molar-refractivity contribution in [1.82, 2.24) is 9.97 Å². The molecular weight excluding hydrogens is 210 g/mol. The zero-order valence-electron chi connectivity index (χ0n) is 10.2. The van der Waals surface area contributed by atoms with E-state index in [1.807, 2.05) is 6.92 Å². The highest BCUT2D eigenvalue weighted by Gasteiger charge is 2.48. The molecule has 0 amide bonds. The quantitative estimate of drug-likeness (QED) is 0.780. The standard InChI is InChI=1S/C14H17N3/c1-10-8-12(11-4-2-3-5-11)17-13(16-10)14(9-15)6-7-14/h8,11H,2-7H2,1H3. The Morgan fingerprint density at radius 2 is 2.00 bits per heavy atom. The Bertz CT molecular complexity index is 477. The fraction of sp³-hybridized carbons (Fsp3) is 0.643. The van der Waals surface area contributed by atoms with E-state index in [-0.39, 0.29) is 5.41 Å². The first kappa shape index (κ1) is 10.7. The van der Waals surface area contributed by atoms with Crippen LogP contribution >= 0.6 is 0 Å². The molecule has 1 aromatic rings. The number of rotatable bonds is 2. The Balaban J connectivity index is 1.98. The van der Waals surface area contributed by atoms with Crippen LogP contribution in [-0.4, -0.2) is 9.97 Å². The maximum Gasteiger partial charge on any atom is 0.149 e. The van der Waals surface area contributed by atoms with Crippen LogP contribution < -0.4 is 0 Å². The molecule has 0 spiro atoms. The second-order valence-corrected chi connectivity index (χ2v) is 5.43. The Kier molecular flexibility index (Phi) is 2.39. The molecule has 2 aliphatic rings. The van der Waals surface area contributed by atoms with E-state index in [9.17, 15) is 5.26 Å². The number of nitriles is 1. The number of aryl methyl sites for hydroxylation is 1. The number of nitrogens with zero attached hydrogens (tertiary/aromatic N) is 3. The van der Waals surface area contributed by atoms with Crippen molar-refractivity contribution in [3.05, 3.63) is 23.3 Å². The normalized spacial score (nSPS) is 22.4. The van der Waals surface area contributed by atoms with Gasteiger partial charge in [-0.05, 0) is 38.7 Å². The van der Waals surface area contributed by atoms with Gasteiger partial charge in [0.15, 0.2) is 0 Å². The molecule has 0 atom stereocenters. The van der Waals surface area contributed by atoms with Crippen molar-refractivity contribution in [3.63, 3.8) is 0 Å². The summed E-state index contributed by atoms with van der Waals surface area (Å²) in [5, 5.41) is 9.23. The van der Waals surface area contributed by atoms with Crippen LogP contribution in [0.3, 0.4) is 0 Å². The molecule has 17 heavy (non-hydrogen) atoms. The zero-order chi connectivity index (χ0) is 11.9. The van der Waals surface area contributed by atoms with Crippen molar-refractivity contribution >= 4 is 0 Å². The van der Waals surface area contributed by atoms with E-state index >= 15 is 0 Å². The third-order valence-electron chi connectivity index (χ3n) is 4.04. The monoisotopic (exact) mass is 227 g/mol. The van der Waals surface area contributed by atoms with Crippen LogP contribution in [0.5, 0.6) is 0 Å². The summed E-state index contributed by atoms with van der Waals surface area (Å²) < 4.78 is 0. The Morgan fingerprint density at radius 1 is 1.29 bits per heavy atom. The molecule has 0 N–H and O–H groups in total. The fourth-order valence-electron chi connectivity index (χ4n) is 2.75. The summed E-state index contributed by atoms with van der Waals surface area (Å²) in [7, 11) is 0. The van der Waals surface area contributed by atoms with Gasteiger partial charge in [0.25, 0.3) is 0 Å². The number of aromatic nitrogens is 2. The topological polar surface area (TPSA) is 49.6 Å². The third-order valence-corrected chi connectivity index (χ3v) is 4.04. The van der Waals surface area contributed by atoms with Gasteiger partial charge in [0.1, 0.15) is 11.2 Å². The molecule has 3 rings (SSSR count).